The highest BCUT2D eigenvalue weighted by Crippen LogP contribution is 1.83. The van der Waals surface area contributed by atoms with Crippen LogP contribution in [-0.4, -0.2) is 25.0 Å². The van der Waals surface area contributed by atoms with Crippen molar-refractivity contribution in [3.63, 3.8) is 0 Å². The summed E-state index contributed by atoms with van der Waals surface area (Å²) in [5, 5.41) is 5.64. The van der Waals surface area contributed by atoms with Gasteiger partial charge < -0.3 is 10.6 Å². The molecule has 2 N–H and O–H groups in total. The maximum absolute atomic E-state index is 11.2. The van der Waals surface area contributed by atoms with Crippen LogP contribution in [-0.2, 0) is 4.79 Å². The molecule has 1 unspecified atom stereocenters. The number of rotatable bonds is 6. The molecule has 1 amide bonds. The molecular formula is C10H16N2O. The first-order chi connectivity index (χ1) is 6.22. The second-order valence-corrected chi connectivity index (χ2v) is 2.68. The van der Waals surface area contributed by atoms with Crippen molar-refractivity contribution < 1.29 is 4.79 Å². The Kier molecular flexibility index (Phi) is 6.66. The van der Waals surface area contributed by atoms with Crippen molar-refractivity contribution in [1.82, 2.24) is 10.6 Å². The summed E-state index contributed by atoms with van der Waals surface area (Å²) in [6.07, 6.45) is 7.66. The third kappa shape index (κ3) is 5.94. The summed E-state index contributed by atoms with van der Waals surface area (Å²) in [5.74, 6) is 2.28. The van der Waals surface area contributed by atoms with E-state index in [1.165, 1.54) is 0 Å². The Balaban J connectivity index is 3.57. The molecular weight excluding hydrogens is 164 g/mol. The quantitative estimate of drug-likeness (QED) is 0.350. The van der Waals surface area contributed by atoms with Gasteiger partial charge in [0.2, 0.25) is 5.91 Å². The van der Waals surface area contributed by atoms with Crippen LogP contribution in [0.3, 0.4) is 0 Å². The molecule has 3 nitrogen and oxygen atoms in total. The van der Waals surface area contributed by atoms with E-state index in [2.05, 4.69) is 23.1 Å². The summed E-state index contributed by atoms with van der Waals surface area (Å²) in [5.41, 5.74) is 0. The molecule has 0 aromatic carbocycles. The molecule has 0 radical (unpaired) electrons. The van der Waals surface area contributed by atoms with Crippen molar-refractivity contribution in [2.45, 2.75) is 19.4 Å². The van der Waals surface area contributed by atoms with Gasteiger partial charge in [0.1, 0.15) is 0 Å². The molecule has 0 rings (SSSR count). The average Bonchev–Trinajstić information content (AvgIpc) is 2.14. The number of terminal acetylenes is 1. The Hall–Kier alpha value is -1.27. The predicted molar refractivity (Wildman–Crippen MR) is 54.1 cm³/mol. The van der Waals surface area contributed by atoms with Crippen molar-refractivity contribution >= 4 is 5.91 Å². The number of hydrogen-bond acceptors (Lipinski definition) is 2. The normalized spacial score (nSPS) is 11.4. The molecule has 13 heavy (non-hydrogen) atoms. The van der Waals surface area contributed by atoms with Crippen molar-refractivity contribution in [2.75, 3.05) is 13.1 Å². The van der Waals surface area contributed by atoms with Crippen molar-refractivity contribution in [3.05, 3.63) is 12.7 Å². The predicted octanol–water partition coefficient (Wildman–Crippen LogP) is 0.290. The standard InChI is InChI=1S/C10H16N2O/c1-4-6-8-11-9(3)10(13)12-7-5-2/h2,4,9,11H,1,6-8H2,3H3,(H,12,13). The minimum atomic E-state index is -0.201. The van der Waals surface area contributed by atoms with Gasteiger partial charge in [0, 0.05) is 0 Å². The Labute approximate surface area is 79.6 Å². The van der Waals surface area contributed by atoms with Gasteiger partial charge in [-0.2, -0.15) is 0 Å². The number of carbonyl (C=O) groups excluding carboxylic acids is 1. The second-order valence-electron chi connectivity index (χ2n) is 2.68. The maximum atomic E-state index is 11.2. The zero-order chi connectivity index (χ0) is 10.1. The zero-order valence-corrected chi connectivity index (χ0v) is 7.97. The highest BCUT2D eigenvalue weighted by Gasteiger charge is 2.09. The Morgan fingerprint density at radius 1 is 1.77 bits per heavy atom. The summed E-state index contributed by atoms with van der Waals surface area (Å²) in [7, 11) is 0. The van der Waals surface area contributed by atoms with E-state index < -0.39 is 0 Å². The van der Waals surface area contributed by atoms with Gasteiger partial charge in [0.05, 0.1) is 12.6 Å². The molecule has 0 bridgehead atoms. The van der Waals surface area contributed by atoms with Crippen LogP contribution in [0.25, 0.3) is 0 Å². The van der Waals surface area contributed by atoms with E-state index in [4.69, 9.17) is 6.42 Å². The lowest BCUT2D eigenvalue weighted by molar-refractivity contribution is -0.122. The van der Waals surface area contributed by atoms with Crippen LogP contribution in [0.2, 0.25) is 0 Å². The summed E-state index contributed by atoms with van der Waals surface area (Å²) in [6, 6.07) is -0.201. The van der Waals surface area contributed by atoms with E-state index in [1.807, 2.05) is 0 Å². The number of nitrogens with one attached hydrogen (secondary N) is 2. The lowest BCUT2D eigenvalue weighted by atomic mass is 10.3. The Bertz CT molecular complexity index is 205. The van der Waals surface area contributed by atoms with E-state index in [-0.39, 0.29) is 18.5 Å². The summed E-state index contributed by atoms with van der Waals surface area (Å²) in [4.78, 5) is 11.2. The van der Waals surface area contributed by atoms with E-state index in [0.717, 1.165) is 13.0 Å². The monoisotopic (exact) mass is 180 g/mol. The van der Waals surface area contributed by atoms with Crippen LogP contribution < -0.4 is 10.6 Å². The average molecular weight is 180 g/mol. The SMILES string of the molecule is C#CCNC(=O)C(C)NCCC=C. The van der Waals surface area contributed by atoms with Crippen LogP contribution in [0.5, 0.6) is 0 Å². The molecule has 0 fully saturated rings. The van der Waals surface area contributed by atoms with E-state index in [9.17, 15) is 4.79 Å². The van der Waals surface area contributed by atoms with Gasteiger partial charge in [0.15, 0.2) is 0 Å². The van der Waals surface area contributed by atoms with Crippen LogP contribution in [0, 0.1) is 12.3 Å². The molecule has 0 saturated heterocycles. The molecule has 0 aliphatic rings. The van der Waals surface area contributed by atoms with Crippen molar-refractivity contribution in [2.24, 2.45) is 0 Å². The van der Waals surface area contributed by atoms with Crippen molar-refractivity contribution in [3.8, 4) is 12.3 Å². The van der Waals surface area contributed by atoms with Gasteiger partial charge in [-0.1, -0.05) is 12.0 Å². The van der Waals surface area contributed by atoms with Crippen LogP contribution in [0.4, 0.5) is 0 Å². The van der Waals surface area contributed by atoms with Gasteiger partial charge in [-0.25, -0.2) is 0 Å². The van der Waals surface area contributed by atoms with Crippen LogP contribution >= 0.6 is 0 Å². The summed E-state index contributed by atoms with van der Waals surface area (Å²) < 4.78 is 0. The summed E-state index contributed by atoms with van der Waals surface area (Å²) in [6.45, 7) is 6.43. The smallest absolute Gasteiger partial charge is 0.237 e. The van der Waals surface area contributed by atoms with E-state index in [0.29, 0.717) is 0 Å². The van der Waals surface area contributed by atoms with Gasteiger partial charge in [-0.3, -0.25) is 4.79 Å². The van der Waals surface area contributed by atoms with Crippen LogP contribution in [0.15, 0.2) is 12.7 Å². The van der Waals surface area contributed by atoms with Gasteiger partial charge in [-0.05, 0) is 19.9 Å². The van der Waals surface area contributed by atoms with Gasteiger partial charge in [0.25, 0.3) is 0 Å². The van der Waals surface area contributed by atoms with Gasteiger partial charge in [-0.15, -0.1) is 13.0 Å². The molecule has 0 aliphatic carbocycles. The fourth-order valence-corrected chi connectivity index (χ4v) is 0.786. The number of carbonyl (C=O) groups is 1. The van der Waals surface area contributed by atoms with Crippen molar-refractivity contribution in [1.29, 1.82) is 0 Å². The molecule has 0 saturated carbocycles. The summed E-state index contributed by atoms with van der Waals surface area (Å²) >= 11 is 0. The number of amides is 1. The topological polar surface area (TPSA) is 41.1 Å². The highest BCUT2D eigenvalue weighted by molar-refractivity contribution is 5.81. The molecule has 72 valence electrons. The zero-order valence-electron chi connectivity index (χ0n) is 7.97. The maximum Gasteiger partial charge on any atom is 0.237 e. The minimum Gasteiger partial charge on any atom is -0.344 e. The molecule has 0 aromatic rings. The minimum absolute atomic E-state index is 0.0676. The van der Waals surface area contributed by atoms with E-state index in [1.54, 1.807) is 13.0 Å². The first-order valence-electron chi connectivity index (χ1n) is 4.27. The molecule has 0 spiro atoms. The number of hydrogen-bond donors (Lipinski definition) is 2. The Morgan fingerprint density at radius 2 is 2.46 bits per heavy atom. The molecule has 0 aromatic heterocycles. The third-order valence-corrected chi connectivity index (χ3v) is 1.56. The molecule has 1 atom stereocenters. The molecule has 0 heterocycles. The first-order valence-corrected chi connectivity index (χ1v) is 4.27. The van der Waals surface area contributed by atoms with Crippen LogP contribution in [0.1, 0.15) is 13.3 Å². The third-order valence-electron chi connectivity index (χ3n) is 1.56. The first kappa shape index (κ1) is 11.7. The fraction of sp³-hybridized carbons (Fsp3) is 0.500. The van der Waals surface area contributed by atoms with Gasteiger partial charge >= 0.3 is 0 Å². The lowest BCUT2D eigenvalue weighted by Crippen LogP contribution is -2.42. The lowest BCUT2D eigenvalue weighted by Gasteiger charge is -2.11. The second kappa shape index (κ2) is 7.38. The molecule has 3 heteroatoms. The largest absolute Gasteiger partial charge is 0.344 e. The fourth-order valence-electron chi connectivity index (χ4n) is 0.786. The highest BCUT2D eigenvalue weighted by atomic mass is 16.2. The van der Waals surface area contributed by atoms with E-state index >= 15 is 0 Å². The Morgan fingerprint density at radius 3 is 3.00 bits per heavy atom. The molecule has 0 aliphatic heterocycles.